The van der Waals surface area contributed by atoms with E-state index in [4.69, 9.17) is 0 Å². The van der Waals surface area contributed by atoms with E-state index in [1.165, 1.54) is 5.56 Å². The minimum absolute atomic E-state index is 0.0863. The van der Waals surface area contributed by atoms with E-state index in [9.17, 15) is 13.2 Å². The second kappa shape index (κ2) is 12.9. The van der Waals surface area contributed by atoms with Crippen LogP contribution in [0.3, 0.4) is 0 Å². The van der Waals surface area contributed by atoms with Crippen LogP contribution in [0.2, 0.25) is 0 Å². The Balaban J connectivity index is 1.37. The molecule has 0 saturated carbocycles. The van der Waals surface area contributed by atoms with Crippen molar-refractivity contribution in [3.63, 3.8) is 0 Å². The van der Waals surface area contributed by atoms with Gasteiger partial charge in [-0.2, -0.15) is 0 Å². The van der Waals surface area contributed by atoms with Crippen molar-refractivity contribution in [2.75, 3.05) is 5.75 Å². The minimum Gasteiger partial charge on any atom is -0.346 e. The van der Waals surface area contributed by atoms with E-state index in [0.717, 1.165) is 44.4 Å². The van der Waals surface area contributed by atoms with Gasteiger partial charge in [-0.1, -0.05) is 101 Å². The molecule has 6 heteroatoms. The molecule has 0 radical (unpaired) electrons. The van der Waals surface area contributed by atoms with Crippen LogP contribution in [0.4, 0.5) is 0 Å². The van der Waals surface area contributed by atoms with Gasteiger partial charge in [0.1, 0.15) is 0 Å². The lowest BCUT2D eigenvalue weighted by Crippen LogP contribution is -2.26. The molecule has 5 rings (SSSR count). The Bertz CT molecular complexity index is 2000. The number of amides is 1. The summed E-state index contributed by atoms with van der Waals surface area (Å²) in [6.45, 7) is 17.1. The van der Waals surface area contributed by atoms with Crippen LogP contribution >= 0.6 is 0 Å². The molecule has 0 bridgehead atoms. The normalized spacial score (nSPS) is 12.9. The summed E-state index contributed by atoms with van der Waals surface area (Å²) in [5.41, 5.74) is 8.75. The predicted molar refractivity (Wildman–Crippen MR) is 190 cm³/mol. The molecule has 0 fully saturated rings. The average Bonchev–Trinajstić information content (AvgIpc) is 3.24. The van der Waals surface area contributed by atoms with Gasteiger partial charge in [0.05, 0.1) is 16.7 Å². The minimum atomic E-state index is -3.45. The Morgan fingerprint density at radius 2 is 1.50 bits per heavy atom. The highest BCUT2D eigenvalue weighted by atomic mass is 32.2. The number of aryl methyl sites for hydroxylation is 1. The number of aromatic nitrogens is 1. The zero-order valence-corrected chi connectivity index (χ0v) is 29.1. The standard InChI is InChI=1S/C40H46N2O3S/c1-26(2)32-12-11-13-33(22-32)28(4)41-39(43)34-20-21-37-36(23-34)27(3)29(5)42(37)24-30-16-18-31(19-17-30)35-14-9-10-15-38(35)46(44,45)25-40(6,7)8/h9-23,26,28H,24-25H2,1-8H3,(H,41,43)/t28-/m0/s1. The van der Waals surface area contributed by atoms with Gasteiger partial charge in [-0.15, -0.1) is 0 Å². The van der Waals surface area contributed by atoms with Gasteiger partial charge in [0, 0.05) is 34.3 Å². The molecule has 1 heterocycles. The van der Waals surface area contributed by atoms with Gasteiger partial charge in [0.25, 0.3) is 5.91 Å². The molecule has 1 atom stereocenters. The molecule has 0 saturated heterocycles. The van der Waals surface area contributed by atoms with Gasteiger partial charge in [-0.3, -0.25) is 4.79 Å². The molecule has 1 N–H and O–H groups in total. The van der Waals surface area contributed by atoms with E-state index in [1.54, 1.807) is 12.1 Å². The zero-order chi connectivity index (χ0) is 33.4. The van der Waals surface area contributed by atoms with E-state index < -0.39 is 9.84 Å². The van der Waals surface area contributed by atoms with Crippen LogP contribution in [0.1, 0.15) is 91.8 Å². The highest BCUT2D eigenvalue weighted by Gasteiger charge is 2.26. The average molecular weight is 635 g/mol. The topological polar surface area (TPSA) is 68.2 Å². The summed E-state index contributed by atoms with van der Waals surface area (Å²) in [4.78, 5) is 13.7. The lowest BCUT2D eigenvalue weighted by atomic mass is 9.98. The van der Waals surface area contributed by atoms with Gasteiger partial charge in [-0.25, -0.2) is 8.42 Å². The Kier molecular flexibility index (Phi) is 9.33. The number of rotatable bonds is 9. The molecule has 5 nitrogen and oxygen atoms in total. The molecule has 0 aliphatic heterocycles. The van der Waals surface area contributed by atoms with Crippen molar-refractivity contribution in [1.29, 1.82) is 0 Å². The lowest BCUT2D eigenvalue weighted by molar-refractivity contribution is 0.0940. The number of carbonyl (C=O) groups excluding carboxylic acids is 1. The van der Waals surface area contributed by atoms with Crippen LogP contribution in [-0.4, -0.2) is 24.6 Å². The first-order valence-electron chi connectivity index (χ1n) is 16.1. The SMILES string of the molecule is Cc1c(C)n(Cc2ccc(-c3ccccc3S(=O)(=O)CC(C)(C)C)cc2)c2ccc(C(=O)N[C@@H](C)c3cccc(C(C)C)c3)cc12. The fraction of sp³-hybridized carbons (Fsp3) is 0.325. The number of sulfone groups is 1. The number of nitrogens with one attached hydrogen (secondary N) is 1. The molecule has 0 unspecified atom stereocenters. The molecule has 46 heavy (non-hydrogen) atoms. The predicted octanol–water partition coefficient (Wildman–Crippen LogP) is 9.41. The van der Waals surface area contributed by atoms with Crippen LogP contribution in [0.25, 0.3) is 22.0 Å². The maximum absolute atomic E-state index is 13.3. The molecule has 0 spiro atoms. The molecule has 0 aliphatic rings. The quantitative estimate of drug-likeness (QED) is 0.176. The van der Waals surface area contributed by atoms with E-state index in [1.807, 2.05) is 70.2 Å². The molecule has 0 aliphatic carbocycles. The summed E-state index contributed by atoms with van der Waals surface area (Å²) in [6, 6.07) is 29.7. The van der Waals surface area contributed by atoms with E-state index in [0.29, 0.717) is 22.9 Å². The van der Waals surface area contributed by atoms with Crippen LogP contribution < -0.4 is 5.32 Å². The smallest absolute Gasteiger partial charge is 0.251 e. The van der Waals surface area contributed by atoms with Crippen molar-refractivity contribution < 1.29 is 13.2 Å². The summed E-state index contributed by atoms with van der Waals surface area (Å²) < 4.78 is 28.9. The summed E-state index contributed by atoms with van der Waals surface area (Å²) in [7, 11) is -3.45. The third-order valence-corrected chi connectivity index (χ3v) is 11.0. The number of hydrogen-bond acceptors (Lipinski definition) is 3. The first kappa shape index (κ1) is 33.2. The number of fused-ring (bicyclic) bond motifs is 1. The van der Waals surface area contributed by atoms with Gasteiger partial charge in [0.15, 0.2) is 9.84 Å². The van der Waals surface area contributed by atoms with Gasteiger partial charge in [0.2, 0.25) is 0 Å². The largest absolute Gasteiger partial charge is 0.346 e. The van der Waals surface area contributed by atoms with Crippen molar-refractivity contribution in [3.8, 4) is 11.1 Å². The van der Waals surface area contributed by atoms with Gasteiger partial charge in [-0.05, 0) is 84.2 Å². The number of carbonyl (C=O) groups is 1. The maximum Gasteiger partial charge on any atom is 0.251 e. The third-order valence-electron chi connectivity index (χ3n) is 8.78. The third kappa shape index (κ3) is 7.13. The molecular weight excluding hydrogens is 589 g/mol. The second-order valence-corrected chi connectivity index (χ2v) is 16.0. The van der Waals surface area contributed by atoms with Gasteiger partial charge >= 0.3 is 0 Å². The fourth-order valence-electron chi connectivity index (χ4n) is 6.14. The fourth-order valence-corrected chi connectivity index (χ4v) is 8.24. The van der Waals surface area contributed by atoms with Crippen molar-refractivity contribution >= 4 is 26.6 Å². The van der Waals surface area contributed by atoms with Crippen LogP contribution in [-0.2, 0) is 16.4 Å². The molecule has 4 aromatic carbocycles. The molecule has 240 valence electrons. The van der Waals surface area contributed by atoms with Crippen molar-refractivity contribution in [2.45, 2.75) is 78.8 Å². The molecule has 5 aromatic rings. The molecule has 1 aromatic heterocycles. The zero-order valence-electron chi connectivity index (χ0n) is 28.3. The van der Waals surface area contributed by atoms with Crippen molar-refractivity contribution in [3.05, 3.63) is 125 Å². The highest BCUT2D eigenvalue weighted by molar-refractivity contribution is 7.91. The van der Waals surface area contributed by atoms with E-state index >= 15 is 0 Å². The van der Waals surface area contributed by atoms with Gasteiger partial charge < -0.3 is 9.88 Å². The van der Waals surface area contributed by atoms with Crippen molar-refractivity contribution in [1.82, 2.24) is 9.88 Å². The Morgan fingerprint density at radius 1 is 0.826 bits per heavy atom. The van der Waals surface area contributed by atoms with Crippen LogP contribution in [0.15, 0.2) is 95.9 Å². The summed E-state index contributed by atoms with van der Waals surface area (Å²) in [5, 5.41) is 4.25. The Labute approximate surface area is 274 Å². The maximum atomic E-state index is 13.3. The number of benzene rings is 4. The van der Waals surface area contributed by atoms with E-state index in [-0.39, 0.29) is 23.1 Å². The monoisotopic (exact) mass is 634 g/mol. The van der Waals surface area contributed by atoms with E-state index in [2.05, 4.69) is 74.0 Å². The molecular formula is C40H46N2O3S. The second-order valence-electron chi connectivity index (χ2n) is 14.1. The van der Waals surface area contributed by atoms with Crippen LogP contribution in [0, 0.1) is 19.3 Å². The Morgan fingerprint density at radius 3 is 2.17 bits per heavy atom. The highest BCUT2D eigenvalue weighted by Crippen LogP contribution is 2.32. The Hall–Kier alpha value is -4.16. The first-order valence-corrected chi connectivity index (χ1v) is 17.7. The lowest BCUT2D eigenvalue weighted by Gasteiger charge is -2.19. The molecule has 1 amide bonds. The van der Waals surface area contributed by atoms with Crippen molar-refractivity contribution in [2.24, 2.45) is 5.41 Å². The number of hydrogen-bond donors (Lipinski definition) is 1. The summed E-state index contributed by atoms with van der Waals surface area (Å²) in [5.74, 6) is 0.426. The summed E-state index contributed by atoms with van der Waals surface area (Å²) in [6.07, 6.45) is 0. The number of nitrogens with zero attached hydrogens (tertiary/aromatic N) is 1. The first-order chi connectivity index (χ1) is 21.6. The summed E-state index contributed by atoms with van der Waals surface area (Å²) >= 11 is 0. The van der Waals surface area contributed by atoms with Crippen LogP contribution in [0.5, 0.6) is 0 Å².